The molecule has 0 saturated carbocycles. The minimum atomic E-state index is -1.15. The van der Waals surface area contributed by atoms with E-state index in [1.165, 1.54) is 0 Å². The van der Waals surface area contributed by atoms with Crippen molar-refractivity contribution in [2.45, 2.75) is 25.7 Å². The lowest BCUT2D eigenvalue weighted by molar-refractivity contribution is 0.0462. The molecule has 20 heavy (non-hydrogen) atoms. The van der Waals surface area contributed by atoms with Crippen molar-refractivity contribution in [3.8, 4) is 0 Å². The number of rotatable bonds is 8. The van der Waals surface area contributed by atoms with Crippen molar-refractivity contribution < 1.29 is 13.7 Å². The molecule has 0 heterocycles. The van der Waals surface area contributed by atoms with Gasteiger partial charge in [-0.1, -0.05) is 32.9 Å². The fourth-order valence-corrected chi connectivity index (χ4v) is 2.81. The van der Waals surface area contributed by atoms with Gasteiger partial charge < -0.3 is 9.64 Å². The number of ether oxygens (including phenoxy) is 1. The van der Waals surface area contributed by atoms with Gasteiger partial charge in [0.15, 0.2) is 0 Å². The average molecular weight is 297 g/mol. The lowest BCUT2D eigenvalue weighted by atomic mass is 10.2. The minimum absolute atomic E-state index is 0.355. The van der Waals surface area contributed by atoms with E-state index in [0.29, 0.717) is 22.8 Å². The minimum Gasteiger partial charge on any atom is -0.461 e. The normalized spacial score (nSPS) is 12.4. The van der Waals surface area contributed by atoms with Gasteiger partial charge in [-0.2, -0.15) is 0 Å². The van der Waals surface area contributed by atoms with Crippen LogP contribution in [0.2, 0.25) is 0 Å². The molecule has 0 aliphatic rings. The van der Waals surface area contributed by atoms with Crippen molar-refractivity contribution in [3.05, 3.63) is 29.8 Å². The summed E-state index contributed by atoms with van der Waals surface area (Å²) in [4.78, 5) is 14.8. The molecule has 112 valence electrons. The molecule has 0 radical (unpaired) electrons. The first-order valence-electron chi connectivity index (χ1n) is 7.00. The van der Waals surface area contributed by atoms with E-state index in [9.17, 15) is 9.00 Å². The van der Waals surface area contributed by atoms with E-state index in [4.69, 9.17) is 4.74 Å². The van der Waals surface area contributed by atoms with Gasteiger partial charge in [-0.15, -0.1) is 0 Å². The van der Waals surface area contributed by atoms with Crippen LogP contribution in [0, 0.1) is 0 Å². The van der Waals surface area contributed by atoms with Gasteiger partial charge in [0, 0.05) is 12.3 Å². The van der Waals surface area contributed by atoms with E-state index >= 15 is 0 Å². The third kappa shape index (κ3) is 4.72. The summed E-state index contributed by atoms with van der Waals surface area (Å²) < 4.78 is 17.2. The van der Waals surface area contributed by atoms with Crippen molar-refractivity contribution in [1.82, 2.24) is 4.90 Å². The van der Waals surface area contributed by atoms with E-state index in [1.807, 2.05) is 6.92 Å². The fraction of sp³-hybridized carbons (Fsp3) is 0.533. The monoisotopic (exact) mass is 297 g/mol. The molecule has 5 heteroatoms. The number of nitrogens with zero attached hydrogens (tertiary/aromatic N) is 1. The van der Waals surface area contributed by atoms with E-state index in [-0.39, 0.29) is 0 Å². The zero-order valence-electron chi connectivity index (χ0n) is 12.4. The summed E-state index contributed by atoms with van der Waals surface area (Å²) in [6, 6.07) is 6.94. The zero-order chi connectivity index (χ0) is 15.0. The Morgan fingerprint density at radius 3 is 2.45 bits per heavy atom. The molecule has 0 aromatic heterocycles. The lowest BCUT2D eigenvalue weighted by Crippen LogP contribution is -2.28. The number of hydrogen-bond acceptors (Lipinski definition) is 4. The number of benzene rings is 1. The number of carbonyl (C=O) groups excluding carboxylic acids is 1. The Bertz CT molecular complexity index is 458. The van der Waals surface area contributed by atoms with Gasteiger partial charge in [0.05, 0.1) is 21.3 Å². The summed E-state index contributed by atoms with van der Waals surface area (Å²) in [6.45, 7) is 8.93. The van der Waals surface area contributed by atoms with Gasteiger partial charge in [0.2, 0.25) is 0 Å². The molecule has 0 amide bonds. The van der Waals surface area contributed by atoms with E-state index < -0.39 is 16.8 Å². The fourth-order valence-electron chi connectivity index (χ4n) is 1.87. The Hall–Kier alpha value is -1.20. The Labute approximate surface area is 123 Å². The SMILES string of the molecule is CCN(CC)CCOC(=O)c1ccccc1[S@](=O)CC. The van der Waals surface area contributed by atoms with Crippen LogP contribution in [0.1, 0.15) is 31.1 Å². The molecular weight excluding hydrogens is 274 g/mol. The highest BCUT2D eigenvalue weighted by atomic mass is 32.2. The van der Waals surface area contributed by atoms with Crippen LogP contribution in [0.25, 0.3) is 0 Å². The first-order valence-corrected chi connectivity index (χ1v) is 8.32. The molecular formula is C15H23NO3S. The van der Waals surface area contributed by atoms with Gasteiger partial charge in [0.1, 0.15) is 6.61 Å². The highest BCUT2D eigenvalue weighted by Gasteiger charge is 2.15. The van der Waals surface area contributed by atoms with Crippen LogP contribution in [-0.4, -0.2) is 47.1 Å². The zero-order valence-corrected chi connectivity index (χ0v) is 13.2. The summed E-state index contributed by atoms with van der Waals surface area (Å²) in [6.07, 6.45) is 0. The van der Waals surface area contributed by atoms with Crippen molar-refractivity contribution >= 4 is 16.8 Å². The van der Waals surface area contributed by atoms with Crippen LogP contribution >= 0.6 is 0 Å². The Morgan fingerprint density at radius 2 is 1.85 bits per heavy atom. The summed E-state index contributed by atoms with van der Waals surface area (Å²) >= 11 is 0. The number of carbonyl (C=O) groups is 1. The summed E-state index contributed by atoms with van der Waals surface area (Å²) in [5.41, 5.74) is 0.409. The average Bonchev–Trinajstić information content (AvgIpc) is 2.50. The predicted octanol–water partition coefficient (Wildman–Crippen LogP) is 2.31. The molecule has 0 saturated heterocycles. The summed E-state index contributed by atoms with van der Waals surface area (Å²) in [7, 11) is -1.15. The molecule has 0 aliphatic carbocycles. The highest BCUT2D eigenvalue weighted by Crippen LogP contribution is 2.15. The Morgan fingerprint density at radius 1 is 1.20 bits per heavy atom. The van der Waals surface area contributed by atoms with Crippen molar-refractivity contribution in [3.63, 3.8) is 0 Å². The van der Waals surface area contributed by atoms with E-state index in [1.54, 1.807) is 24.3 Å². The molecule has 0 bridgehead atoms. The van der Waals surface area contributed by atoms with E-state index in [2.05, 4.69) is 18.7 Å². The maximum atomic E-state index is 12.1. The lowest BCUT2D eigenvalue weighted by Gasteiger charge is -2.17. The van der Waals surface area contributed by atoms with Gasteiger partial charge in [-0.25, -0.2) is 4.79 Å². The number of likely N-dealkylation sites (N-methyl/N-ethyl adjacent to an activating group) is 1. The molecule has 1 rings (SSSR count). The second kappa shape index (κ2) is 8.87. The standard InChI is InChI=1S/C15H23NO3S/c1-4-16(5-2)11-12-19-15(17)13-9-7-8-10-14(13)20(18)6-3/h7-10H,4-6,11-12H2,1-3H3/t20-/m1/s1. The smallest absolute Gasteiger partial charge is 0.339 e. The van der Waals surface area contributed by atoms with Crippen LogP contribution in [0.3, 0.4) is 0 Å². The molecule has 1 aromatic rings. The van der Waals surface area contributed by atoms with Crippen molar-refractivity contribution in [2.24, 2.45) is 0 Å². The summed E-state index contributed by atoms with van der Waals surface area (Å²) in [5.74, 6) is 0.0959. The van der Waals surface area contributed by atoms with Gasteiger partial charge in [-0.3, -0.25) is 4.21 Å². The molecule has 0 spiro atoms. The third-order valence-electron chi connectivity index (χ3n) is 3.15. The molecule has 0 N–H and O–H groups in total. The number of esters is 1. The molecule has 0 fully saturated rings. The van der Waals surface area contributed by atoms with Gasteiger partial charge in [-0.05, 0) is 25.2 Å². The molecule has 0 unspecified atom stereocenters. The van der Waals surface area contributed by atoms with Crippen molar-refractivity contribution in [2.75, 3.05) is 32.0 Å². The van der Waals surface area contributed by atoms with Gasteiger partial charge >= 0.3 is 5.97 Å². The Balaban J connectivity index is 2.66. The second-order valence-electron chi connectivity index (χ2n) is 4.29. The first-order chi connectivity index (χ1) is 9.63. The predicted molar refractivity (Wildman–Crippen MR) is 81.5 cm³/mol. The molecule has 4 nitrogen and oxygen atoms in total. The van der Waals surface area contributed by atoms with Crippen molar-refractivity contribution in [1.29, 1.82) is 0 Å². The van der Waals surface area contributed by atoms with Crippen LogP contribution in [0.5, 0.6) is 0 Å². The van der Waals surface area contributed by atoms with Gasteiger partial charge in [0.25, 0.3) is 0 Å². The second-order valence-corrected chi connectivity index (χ2v) is 6.00. The topological polar surface area (TPSA) is 46.6 Å². The largest absolute Gasteiger partial charge is 0.461 e. The Kier molecular flexibility index (Phi) is 7.47. The first kappa shape index (κ1) is 16.9. The quantitative estimate of drug-likeness (QED) is 0.691. The number of hydrogen-bond donors (Lipinski definition) is 0. The van der Waals surface area contributed by atoms with Crippen LogP contribution in [0.15, 0.2) is 29.2 Å². The maximum absolute atomic E-state index is 12.1. The van der Waals surface area contributed by atoms with E-state index in [0.717, 1.165) is 19.6 Å². The van der Waals surface area contributed by atoms with Crippen LogP contribution in [0.4, 0.5) is 0 Å². The molecule has 1 atom stereocenters. The van der Waals surface area contributed by atoms with Crippen LogP contribution in [-0.2, 0) is 15.5 Å². The third-order valence-corrected chi connectivity index (χ3v) is 4.52. The highest BCUT2D eigenvalue weighted by molar-refractivity contribution is 7.85. The molecule has 0 aliphatic heterocycles. The summed E-state index contributed by atoms with van der Waals surface area (Å²) in [5, 5.41) is 0. The van der Waals surface area contributed by atoms with Crippen LogP contribution < -0.4 is 0 Å². The molecule has 1 aromatic carbocycles. The maximum Gasteiger partial charge on any atom is 0.339 e.